The standard InChI is InChI=1S/C59H39N3O/c1-2-14-37(15-3-1)38-16-12-18-43(32-38)62-54-26-10-7-21-46(54)51-34-40(30-31-55(51)62)39-28-29-41-35-52(45-20-5-4-19-44(45)50(41)33-39)59-60-53-25-9-6-22-47(53)58(61-59)49-24-13-17-42-36-63-56-27-11-8-23-48(56)57(42)49/h1-34,52H,35-36H2. The molecule has 0 spiro atoms. The number of nitrogens with zero attached hydrogens (tertiary/aromatic N) is 3. The highest BCUT2D eigenvalue weighted by atomic mass is 16.5. The van der Waals surface area contributed by atoms with Crippen molar-refractivity contribution >= 4 is 32.7 Å². The van der Waals surface area contributed by atoms with Gasteiger partial charge in [0.25, 0.3) is 0 Å². The van der Waals surface area contributed by atoms with E-state index in [9.17, 15) is 0 Å². The molecule has 11 aromatic rings. The average molecular weight is 806 g/mol. The van der Waals surface area contributed by atoms with Crippen molar-refractivity contribution in [2.45, 2.75) is 18.9 Å². The number of hydrogen-bond acceptors (Lipinski definition) is 3. The number of fused-ring (bicyclic) bond motifs is 10. The lowest BCUT2D eigenvalue weighted by atomic mass is 9.77. The van der Waals surface area contributed by atoms with Gasteiger partial charge in [0.15, 0.2) is 0 Å². The summed E-state index contributed by atoms with van der Waals surface area (Å²) in [5, 5.41) is 3.54. The van der Waals surface area contributed by atoms with E-state index in [0.29, 0.717) is 6.61 Å². The van der Waals surface area contributed by atoms with Gasteiger partial charge in [-0.15, -0.1) is 0 Å². The van der Waals surface area contributed by atoms with Crippen LogP contribution in [0, 0.1) is 0 Å². The van der Waals surface area contributed by atoms with Crippen molar-refractivity contribution in [1.82, 2.24) is 14.5 Å². The van der Waals surface area contributed by atoms with Gasteiger partial charge in [-0.25, -0.2) is 9.97 Å². The predicted molar refractivity (Wildman–Crippen MR) is 257 cm³/mol. The highest BCUT2D eigenvalue weighted by Crippen LogP contribution is 2.47. The van der Waals surface area contributed by atoms with Gasteiger partial charge in [0.05, 0.1) is 22.2 Å². The van der Waals surface area contributed by atoms with Gasteiger partial charge >= 0.3 is 0 Å². The third-order valence-corrected chi connectivity index (χ3v) is 13.3. The first-order chi connectivity index (χ1) is 31.2. The third kappa shape index (κ3) is 5.76. The molecule has 13 rings (SSSR count). The van der Waals surface area contributed by atoms with Crippen molar-refractivity contribution in [2.24, 2.45) is 0 Å². The summed E-state index contributed by atoms with van der Waals surface area (Å²) in [6.07, 6.45) is 0.808. The summed E-state index contributed by atoms with van der Waals surface area (Å²) in [5.74, 6) is 1.74. The first-order valence-corrected chi connectivity index (χ1v) is 21.8. The van der Waals surface area contributed by atoms with Crippen LogP contribution in [0.2, 0.25) is 0 Å². The first kappa shape index (κ1) is 35.7. The zero-order valence-corrected chi connectivity index (χ0v) is 34.4. The van der Waals surface area contributed by atoms with Crippen molar-refractivity contribution in [2.75, 3.05) is 0 Å². The molecule has 0 amide bonds. The molecular weight excluding hydrogens is 767 g/mol. The molecule has 9 aromatic carbocycles. The highest BCUT2D eigenvalue weighted by Gasteiger charge is 2.30. The summed E-state index contributed by atoms with van der Waals surface area (Å²) in [4.78, 5) is 10.9. The molecule has 63 heavy (non-hydrogen) atoms. The summed E-state index contributed by atoms with van der Waals surface area (Å²) in [7, 11) is 0. The van der Waals surface area contributed by atoms with Crippen LogP contribution < -0.4 is 4.74 Å². The zero-order valence-electron chi connectivity index (χ0n) is 34.4. The minimum Gasteiger partial charge on any atom is -0.488 e. The molecular formula is C59H39N3O. The van der Waals surface area contributed by atoms with E-state index in [1.165, 1.54) is 77.4 Å². The molecule has 0 fully saturated rings. The minimum absolute atomic E-state index is 0.0130. The Morgan fingerprint density at radius 1 is 0.444 bits per heavy atom. The van der Waals surface area contributed by atoms with Crippen LogP contribution >= 0.6 is 0 Å². The highest BCUT2D eigenvalue weighted by molar-refractivity contribution is 6.10. The van der Waals surface area contributed by atoms with Crippen molar-refractivity contribution in [3.05, 3.63) is 229 Å². The molecule has 1 atom stereocenters. The summed E-state index contributed by atoms with van der Waals surface area (Å²) < 4.78 is 8.60. The van der Waals surface area contributed by atoms with Crippen molar-refractivity contribution in [1.29, 1.82) is 0 Å². The monoisotopic (exact) mass is 805 g/mol. The van der Waals surface area contributed by atoms with Crippen LogP contribution in [0.1, 0.15) is 28.4 Å². The van der Waals surface area contributed by atoms with Crippen LogP contribution in [0.4, 0.5) is 0 Å². The number of aromatic nitrogens is 3. The predicted octanol–water partition coefficient (Wildman–Crippen LogP) is 14.6. The SMILES string of the molecule is c1ccc(-c2cccc(-n3c4ccccc4c4cc(-c5ccc6c(c5)-c5ccccc5C(c5nc(-c7cccc8c7-c7ccccc7OC8)c7ccccc7n5)C6)ccc43)c2)cc1. The summed E-state index contributed by atoms with van der Waals surface area (Å²) in [5.41, 5.74) is 19.9. The third-order valence-electron chi connectivity index (χ3n) is 13.3. The number of para-hydroxylation sites is 3. The second-order valence-corrected chi connectivity index (χ2v) is 16.8. The van der Waals surface area contributed by atoms with E-state index >= 15 is 0 Å². The van der Waals surface area contributed by atoms with Gasteiger partial charge in [0.2, 0.25) is 0 Å². The Morgan fingerprint density at radius 2 is 1.14 bits per heavy atom. The fourth-order valence-electron chi connectivity index (χ4n) is 10.3. The Morgan fingerprint density at radius 3 is 2.08 bits per heavy atom. The van der Waals surface area contributed by atoms with Crippen LogP contribution in [-0.2, 0) is 13.0 Å². The normalized spacial score (nSPS) is 13.9. The summed E-state index contributed by atoms with van der Waals surface area (Å²) >= 11 is 0. The van der Waals surface area contributed by atoms with Gasteiger partial charge in [-0.3, -0.25) is 0 Å². The molecule has 0 bridgehead atoms. The maximum absolute atomic E-state index is 6.19. The zero-order chi connectivity index (χ0) is 41.4. The number of ether oxygens (including phenoxy) is 1. The van der Waals surface area contributed by atoms with Crippen LogP contribution in [0.15, 0.2) is 206 Å². The van der Waals surface area contributed by atoms with Gasteiger partial charge in [-0.05, 0) is 105 Å². The molecule has 1 unspecified atom stereocenters. The maximum Gasteiger partial charge on any atom is 0.137 e. The molecule has 1 aliphatic heterocycles. The summed E-state index contributed by atoms with van der Waals surface area (Å²) in [6.45, 7) is 0.533. The first-order valence-electron chi connectivity index (χ1n) is 21.8. The molecule has 4 heteroatoms. The Kier molecular flexibility index (Phi) is 8.07. The number of rotatable bonds is 5. The Balaban J connectivity index is 0.909. The van der Waals surface area contributed by atoms with E-state index < -0.39 is 0 Å². The van der Waals surface area contributed by atoms with Crippen LogP contribution in [0.3, 0.4) is 0 Å². The van der Waals surface area contributed by atoms with E-state index in [2.05, 4.69) is 205 Å². The molecule has 0 N–H and O–H groups in total. The Labute approximate surface area is 365 Å². The molecule has 4 nitrogen and oxygen atoms in total. The fourth-order valence-corrected chi connectivity index (χ4v) is 10.3. The molecule has 0 radical (unpaired) electrons. The largest absolute Gasteiger partial charge is 0.488 e. The quantitative estimate of drug-likeness (QED) is 0.174. The fraction of sp³-hybridized carbons (Fsp3) is 0.0508. The van der Waals surface area contributed by atoms with E-state index in [0.717, 1.165) is 51.4 Å². The van der Waals surface area contributed by atoms with Crippen LogP contribution in [0.25, 0.3) is 94.2 Å². The van der Waals surface area contributed by atoms with Crippen molar-refractivity contribution < 1.29 is 4.74 Å². The molecule has 3 heterocycles. The van der Waals surface area contributed by atoms with Crippen LogP contribution in [0.5, 0.6) is 5.75 Å². The number of hydrogen-bond donors (Lipinski definition) is 0. The van der Waals surface area contributed by atoms with Gasteiger partial charge in [0, 0.05) is 44.5 Å². The molecule has 2 aromatic heterocycles. The van der Waals surface area contributed by atoms with E-state index in [1.54, 1.807) is 0 Å². The topological polar surface area (TPSA) is 39.9 Å². The lowest BCUT2D eigenvalue weighted by Crippen LogP contribution is -2.16. The number of benzene rings is 9. The second-order valence-electron chi connectivity index (χ2n) is 16.8. The van der Waals surface area contributed by atoms with Gasteiger partial charge in [-0.2, -0.15) is 0 Å². The lowest BCUT2D eigenvalue weighted by molar-refractivity contribution is 0.302. The van der Waals surface area contributed by atoms with Crippen molar-refractivity contribution in [3.63, 3.8) is 0 Å². The molecule has 0 saturated heterocycles. The molecule has 1 aliphatic carbocycles. The Hall–Kier alpha value is -8.08. The molecule has 296 valence electrons. The lowest BCUT2D eigenvalue weighted by Gasteiger charge is -2.28. The molecule has 0 saturated carbocycles. The van der Waals surface area contributed by atoms with Crippen LogP contribution in [-0.4, -0.2) is 14.5 Å². The maximum atomic E-state index is 6.19. The van der Waals surface area contributed by atoms with E-state index in [4.69, 9.17) is 14.7 Å². The van der Waals surface area contributed by atoms with Crippen molar-refractivity contribution in [3.8, 4) is 67.2 Å². The average Bonchev–Trinajstić information content (AvgIpc) is 3.69. The van der Waals surface area contributed by atoms with E-state index in [1.807, 2.05) is 6.07 Å². The van der Waals surface area contributed by atoms with Gasteiger partial charge in [0.1, 0.15) is 18.2 Å². The molecule has 2 aliphatic rings. The minimum atomic E-state index is -0.0130. The second kappa shape index (κ2) is 14.3. The smallest absolute Gasteiger partial charge is 0.137 e. The Bertz CT molecular complexity index is 3620. The van der Waals surface area contributed by atoms with Gasteiger partial charge < -0.3 is 9.30 Å². The van der Waals surface area contributed by atoms with E-state index in [-0.39, 0.29) is 5.92 Å². The van der Waals surface area contributed by atoms with Gasteiger partial charge in [-0.1, -0.05) is 158 Å². The summed E-state index contributed by atoms with van der Waals surface area (Å²) in [6, 6.07) is 74.5.